The second kappa shape index (κ2) is 5.38. The Balaban J connectivity index is 2.35. The number of rotatable bonds is 4. The Morgan fingerprint density at radius 2 is 2.05 bits per heavy atom. The molecule has 0 radical (unpaired) electrons. The van der Waals surface area contributed by atoms with E-state index in [1.54, 1.807) is 0 Å². The summed E-state index contributed by atoms with van der Waals surface area (Å²) >= 11 is 0. The van der Waals surface area contributed by atoms with Crippen LogP contribution in [0.3, 0.4) is 0 Å². The van der Waals surface area contributed by atoms with Crippen LogP contribution >= 0.6 is 0 Å². The molecule has 1 heterocycles. The van der Waals surface area contributed by atoms with Crippen LogP contribution in [0.15, 0.2) is 0 Å². The minimum Gasteiger partial charge on any atom is -0.481 e. The molecule has 0 aromatic rings. The minimum absolute atomic E-state index is 0.106. The fourth-order valence-corrected chi connectivity index (χ4v) is 5.32. The molecule has 1 saturated carbocycles. The van der Waals surface area contributed by atoms with Gasteiger partial charge in [-0.3, -0.25) is 9.69 Å². The minimum atomic E-state index is -3.25. The van der Waals surface area contributed by atoms with Crippen LogP contribution in [0.25, 0.3) is 0 Å². The molecule has 0 amide bonds. The Hall–Kier alpha value is -0.660. The fraction of sp³-hybridized carbons (Fsp3) is 0.917. The van der Waals surface area contributed by atoms with Crippen LogP contribution in [0, 0.1) is 0 Å². The number of carbonyl (C=O) groups is 1. The van der Waals surface area contributed by atoms with Crippen LogP contribution in [-0.2, 0) is 19.4 Å². The lowest BCUT2D eigenvalue weighted by Crippen LogP contribution is -2.60. The van der Waals surface area contributed by atoms with Crippen LogP contribution in [0.2, 0.25) is 0 Å². The highest BCUT2D eigenvalue weighted by Gasteiger charge is 2.53. The lowest BCUT2D eigenvalue weighted by Gasteiger charge is -2.45. The second-order valence-corrected chi connectivity index (χ2v) is 7.71. The number of aliphatic carboxylic acids is 1. The van der Waals surface area contributed by atoms with Gasteiger partial charge in [-0.2, -0.15) is 0 Å². The summed E-state index contributed by atoms with van der Waals surface area (Å²) < 4.78 is 29.3. The van der Waals surface area contributed by atoms with Gasteiger partial charge in [0, 0.05) is 24.9 Å². The van der Waals surface area contributed by atoms with Gasteiger partial charge >= 0.3 is 5.97 Å². The molecular formula is C12H21NO5S. The van der Waals surface area contributed by atoms with Gasteiger partial charge in [0.2, 0.25) is 0 Å². The van der Waals surface area contributed by atoms with Crippen molar-refractivity contribution in [2.24, 2.45) is 0 Å². The van der Waals surface area contributed by atoms with E-state index in [-0.39, 0.29) is 6.42 Å². The van der Waals surface area contributed by atoms with Crippen molar-refractivity contribution in [1.29, 1.82) is 0 Å². The van der Waals surface area contributed by atoms with Crippen molar-refractivity contribution in [1.82, 2.24) is 4.90 Å². The van der Waals surface area contributed by atoms with E-state index in [4.69, 9.17) is 4.74 Å². The predicted octanol–water partition coefficient (Wildman–Crippen LogP) is 0.129. The molecule has 1 aliphatic heterocycles. The summed E-state index contributed by atoms with van der Waals surface area (Å²) in [5, 5.41) is 8.63. The normalized spacial score (nSPS) is 33.4. The molecule has 0 aromatic carbocycles. The average Bonchev–Trinajstić information content (AvgIpc) is 2.74. The number of nitrogens with zero attached hydrogens (tertiary/aromatic N) is 1. The first-order valence-electron chi connectivity index (χ1n) is 6.60. The van der Waals surface area contributed by atoms with E-state index in [0.717, 1.165) is 6.42 Å². The maximum absolute atomic E-state index is 12.0. The van der Waals surface area contributed by atoms with Crippen molar-refractivity contribution in [3.8, 4) is 0 Å². The van der Waals surface area contributed by atoms with Gasteiger partial charge in [0.25, 0.3) is 0 Å². The lowest BCUT2D eigenvalue weighted by molar-refractivity contribution is -0.141. The standard InChI is InChI=1S/C12H21NO5S/c1-19(16,17)10-3-2-4-12(10,9-11(14)15)13-5-7-18-8-6-13/h10H,2-9H2,1H3,(H,14,15). The number of carboxylic acids is 1. The number of carboxylic acid groups (broad SMARTS) is 1. The lowest BCUT2D eigenvalue weighted by atomic mass is 9.90. The first kappa shape index (κ1) is 14.7. The molecule has 2 rings (SSSR count). The Labute approximate surface area is 113 Å². The van der Waals surface area contributed by atoms with E-state index < -0.39 is 26.6 Å². The summed E-state index contributed by atoms with van der Waals surface area (Å²) in [6, 6.07) is 0. The molecule has 0 bridgehead atoms. The molecule has 0 aromatic heterocycles. The number of morpholine rings is 1. The van der Waals surface area contributed by atoms with E-state index in [1.165, 1.54) is 6.26 Å². The SMILES string of the molecule is CS(=O)(=O)C1CCCC1(CC(=O)O)N1CCOCC1. The van der Waals surface area contributed by atoms with Gasteiger partial charge in [0.1, 0.15) is 0 Å². The van der Waals surface area contributed by atoms with Gasteiger partial charge < -0.3 is 9.84 Å². The highest BCUT2D eigenvalue weighted by Crippen LogP contribution is 2.42. The van der Waals surface area contributed by atoms with Crippen molar-refractivity contribution >= 4 is 15.8 Å². The van der Waals surface area contributed by atoms with Crippen molar-refractivity contribution in [2.75, 3.05) is 32.6 Å². The van der Waals surface area contributed by atoms with E-state index in [1.807, 2.05) is 4.90 Å². The van der Waals surface area contributed by atoms with Gasteiger partial charge in [-0.1, -0.05) is 6.42 Å². The van der Waals surface area contributed by atoms with Gasteiger partial charge in [0.15, 0.2) is 9.84 Å². The van der Waals surface area contributed by atoms with Crippen LogP contribution < -0.4 is 0 Å². The third kappa shape index (κ3) is 2.93. The first-order valence-corrected chi connectivity index (χ1v) is 8.55. The Bertz CT molecular complexity index is 443. The first-order chi connectivity index (χ1) is 8.86. The van der Waals surface area contributed by atoms with Gasteiger partial charge in [-0.15, -0.1) is 0 Å². The monoisotopic (exact) mass is 291 g/mol. The highest BCUT2D eigenvalue weighted by atomic mass is 32.2. The summed E-state index contributed by atoms with van der Waals surface area (Å²) in [6.45, 7) is 2.30. The zero-order valence-corrected chi connectivity index (χ0v) is 12.0. The molecule has 110 valence electrons. The van der Waals surface area contributed by atoms with Crippen LogP contribution in [0.4, 0.5) is 0 Å². The van der Waals surface area contributed by atoms with Gasteiger partial charge in [-0.05, 0) is 12.8 Å². The van der Waals surface area contributed by atoms with Gasteiger partial charge in [-0.25, -0.2) is 8.42 Å². The molecule has 7 heteroatoms. The van der Waals surface area contributed by atoms with Crippen molar-refractivity contribution in [2.45, 2.75) is 36.5 Å². The molecule has 2 unspecified atom stereocenters. The topological polar surface area (TPSA) is 83.9 Å². The zero-order chi connectivity index (χ0) is 14.1. The summed E-state index contributed by atoms with van der Waals surface area (Å²) in [5.74, 6) is -0.929. The van der Waals surface area contributed by atoms with Crippen LogP contribution in [-0.4, -0.2) is 67.7 Å². The van der Waals surface area contributed by atoms with E-state index >= 15 is 0 Å². The third-order valence-corrected chi connectivity index (χ3v) is 6.00. The Morgan fingerprint density at radius 3 is 2.58 bits per heavy atom. The number of hydrogen-bond acceptors (Lipinski definition) is 5. The smallest absolute Gasteiger partial charge is 0.305 e. The van der Waals surface area contributed by atoms with Crippen LogP contribution in [0.5, 0.6) is 0 Å². The average molecular weight is 291 g/mol. The quantitative estimate of drug-likeness (QED) is 0.792. The van der Waals surface area contributed by atoms with Crippen LogP contribution in [0.1, 0.15) is 25.7 Å². The van der Waals surface area contributed by atoms with Crippen molar-refractivity contribution in [3.63, 3.8) is 0 Å². The highest BCUT2D eigenvalue weighted by molar-refractivity contribution is 7.91. The molecule has 2 aliphatic rings. The maximum atomic E-state index is 12.0. The zero-order valence-electron chi connectivity index (χ0n) is 11.2. The molecule has 19 heavy (non-hydrogen) atoms. The molecule has 1 N–H and O–H groups in total. The number of sulfone groups is 1. The summed E-state index contributed by atoms with van der Waals surface area (Å²) in [6.07, 6.45) is 3.08. The van der Waals surface area contributed by atoms with Crippen molar-refractivity contribution in [3.05, 3.63) is 0 Å². The number of hydrogen-bond donors (Lipinski definition) is 1. The predicted molar refractivity (Wildman–Crippen MR) is 69.9 cm³/mol. The number of ether oxygens (including phenoxy) is 1. The largest absolute Gasteiger partial charge is 0.481 e. The van der Waals surface area contributed by atoms with E-state index in [0.29, 0.717) is 39.1 Å². The van der Waals surface area contributed by atoms with Gasteiger partial charge in [0.05, 0.1) is 24.9 Å². The van der Waals surface area contributed by atoms with E-state index in [2.05, 4.69) is 0 Å². The molecule has 6 nitrogen and oxygen atoms in total. The summed E-state index contributed by atoms with van der Waals surface area (Å²) in [5.41, 5.74) is -0.747. The maximum Gasteiger partial charge on any atom is 0.305 e. The molecule has 0 spiro atoms. The molecular weight excluding hydrogens is 270 g/mol. The summed E-state index contributed by atoms with van der Waals surface area (Å²) in [4.78, 5) is 13.3. The molecule has 1 aliphatic carbocycles. The molecule has 2 atom stereocenters. The summed E-state index contributed by atoms with van der Waals surface area (Å²) in [7, 11) is -3.25. The Kier molecular flexibility index (Phi) is 4.17. The third-order valence-electron chi connectivity index (χ3n) is 4.29. The molecule has 1 saturated heterocycles. The van der Waals surface area contributed by atoms with E-state index in [9.17, 15) is 18.3 Å². The fourth-order valence-electron chi connectivity index (χ4n) is 3.58. The molecule has 2 fully saturated rings. The Morgan fingerprint density at radius 1 is 1.42 bits per heavy atom. The second-order valence-electron chi connectivity index (χ2n) is 5.48. The van der Waals surface area contributed by atoms with Crippen molar-refractivity contribution < 1.29 is 23.1 Å².